The number of benzene rings is 1. The van der Waals surface area contributed by atoms with Crippen LogP contribution in [0.25, 0.3) is 11.1 Å². The van der Waals surface area contributed by atoms with Crippen molar-refractivity contribution in [3.8, 4) is 0 Å². The first kappa shape index (κ1) is 22.9. The molecule has 2 aliphatic rings. The predicted molar refractivity (Wildman–Crippen MR) is 136 cm³/mol. The lowest BCUT2D eigenvalue weighted by Gasteiger charge is -2.27. The highest BCUT2D eigenvalue weighted by Gasteiger charge is 2.18. The van der Waals surface area contributed by atoms with Gasteiger partial charge in [0, 0.05) is 36.7 Å². The molecule has 0 saturated heterocycles. The third kappa shape index (κ3) is 5.20. The van der Waals surface area contributed by atoms with E-state index in [1.54, 1.807) is 15.9 Å². The number of carbonyl (C=O) groups excluding carboxylic acids is 1. The summed E-state index contributed by atoms with van der Waals surface area (Å²) < 4.78 is 0. The largest absolute Gasteiger partial charge is 0.370 e. The van der Waals surface area contributed by atoms with Crippen LogP contribution in [0.3, 0.4) is 0 Å². The van der Waals surface area contributed by atoms with Gasteiger partial charge in [0.2, 0.25) is 0 Å². The Morgan fingerprint density at radius 2 is 1.61 bits per heavy atom. The molecule has 0 fully saturated rings. The summed E-state index contributed by atoms with van der Waals surface area (Å²) >= 11 is 7.98. The molecule has 33 heavy (non-hydrogen) atoms. The van der Waals surface area contributed by atoms with Crippen LogP contribution in [0.2, 0.25) is 5.02 Å². The number of anilines is 1. The van der Waals surface area contributed by atoms with Gasteiger partial charge in [0.25, 0.3) is 5.91 Å². The first-order valence-corrected chi connectivity index (χ1v) is 11.8. The molecule has 0 unspecified atom stereocenters. The topological polar surface area (TPSA) is 135 Å². The summed E-state index contributed by atoms with van der Waals surface area (Å²) in [6.07, 6.45) is 5.64. The zero-order valence-corrected chi connectivity index (χ0v) is 19.6. The maximum Gasteiger partial charge on any atom is 0.265 e. The minimum absolute atomic E-state index is 0.0732. The Balaban J connectivity index is 1.41. The van der Waals surface area contributed by atoms with E-state index in [2.05, 4.69) is 11.4 Å². The minimum Gasteiger partial charge on any atom is -0.370 e. The van der Waals surface area contributed by atoms with Gasteiger partial charge in [-0.25, -0.2) is 0 Å². The average molecular weight is 484 g/mol. The van der Waals surface area contributed by atoms with Crippen LogP contribution < -0.4 is 16.8 Å². The van der Waals surface area contributed by atoms with Crippen LogP contribution in [0.1, 0.15) is 33.0 Å². The Bertz CT molecular complexity index is 1170. The molecule has 8 nitrogen and oxygen atoms in total. The predicted octanol–water partition coefficient (Wildman–Crippen LogP) is 3.62. The number of halogens is 1. The number of nitrogens with zero attached hydrogens (tertiary/aromatic N) is 2. The normalized spacial score (nSPS) is 16.2. The third-order valence-corrected chi connectivity index (χ3v) is 7.29. The molecule has 2 aromatic rings. The Kier molecular flexibility index (Phi) is 6.71. The van der Waals surface area contributed by atoms with Gasteiger partial charge in [-0.3, -0.25) is 15.6 Å². The number of guanidine groups is 2. The molecule has 0 aliphatic carbocycles. The molecule has 1 aromatic carbocycles. The molecule has 10 heteroatoms. The Labute approximate surface area is 201 Å². The van der Waals surface area contributed by atoms with E-state index in [4.69, 9.17) is 33.9 Å². The molecule has 0 bridgehead atoms. The van der Waals surface area contributed by atoms with Crippen molar-refractivity contribution in [2.45, 2.75) is 12.8 Å². The van der Waals surface area contributed by atoms with Crippen LogP contribution in [-0.2, 0) is 0 Å². The third-order valence-electron chi connectivity index (χ3n) is 5.82. The van der Waals surface area contributed by atoms with Crippen molar-refractivity contribution >= 4 is 57.6 Å². The Morgan fingerprint density at radius 1 is 0.970 bits per heavy atom. The summed E-state index contributed by atoms with van der Waals surface area (Å²) in [5.74, 6) is -0.0196. The number of thiophene rings is 1. The van der Waals surface area contributed by atoms with E-state index in [-0.39, 0.29) is 17.8 Å². The summed E-state index contributed by atoms with van der Waals surface area (Å²) in [6, 6.07) is 9.33. The van der Waals surface area contributed by atoms with Gasteiger partial charge in [-0.15, -0.1) is 11.3 Å². The molecule has 0 atom stereocenters. The zero-order valence-electron chi connectivity index (χ0n) is 18.0. The van der Waals surface area contributed by atoms with E-state index in [1.807, 2.05) is 30.3 Å². The average Bonchev–Trinajstić information content (AvgIpc) is 3.30. The summed E-state index contributed by atoms with van der Waals surface area (Å²) in [5, 5.41) is 18.6. The summed E-state index contributed by atoms with van der Waals surface area (Å²) in [6.45, 7) is 2.58. The molecular formula is C23H26ClN7OS. The van der Waals surface area contributed by atoms with Crippen molar-refractivity contribution in [3.63, 3.8) is 0 Å². The van der Waals surface area contributed by atoms with Gasteiger partial charge in [0.15, 0.2) is 11.9 Å². The maximum atomic E-state index is 12.8. The molecule has 0 radical (unpaired) electrons. The number of carbonyl (C=O) groups is 1. The minimum atomic E-state index is -0.175. The highest BCUT2D eigenvalue weighted by Crippen LogP contribution is 2.32. The van der Waals surface area contributed by atoms with Crippen molar-refractivity contribution in [2.24, 2.45) is 11.5 Å². The lowest BCUT2D eigenvalue weighted by atomic mass is 9.99. The number of amides is 1. The Hall–Kier alpha value is -3.30. The highest BCUT2D eigenvalue weighted by atomic mass is 35.5. The van der Waals surface area contributed by atoms with Gasteiger partial charge in [-0.2, -0.15) is 0 Å². The maximum absolute atomic E-state index is 12.8. The second kappa shape index (κ2) is 9.68. The SMILES string of the molecule is N=C(N)N1CC=C(c2ccc(C(=O)Nc3ccc(C4=CCN(C(=N)N)CC4)c(Cl)c3)s2)CC1. The van der Waals surface area contributed by atoms with Crippen LogP contribution in [0.15, 0.2) is 42.5 Å². The number of nitrogens with two attached hydrogens (primary N) is 2. The van der Waals surface area contributed by atoms with E-state index in [1.165, 1.54) is 16.9 Å². The first-order valence-electron chi connectivity index (χ1n) is 10.6. The van der Waals surface area contributed by atoms with Crippen LogP contribution >= 0.6 is 22.9 Å². The van der Waals surface area contributed by atoms with Crippen molar-refractivity contribution in [2.75, 3.05) is 31.5 Å². The lowest BCUT2D eigenvalue weighted by Crippen LogP contribution is -2.39. The van der Waals surface area contributed by atoms with Gasteiger partial charge in [-0.1, -0.05) is 29.8 Å². The molecule has 172 valence electrons. The number of rotatable bonds is 4. The fraction of sp³-hybridized carbons (Fsp3) is 0.261. The van der Waals surface area contributed by atoms with Crippen LogP contribution in [0.4, 0.5) is 5.69 Å². The molecular weight excluding hydrogens is 458 g/mol. The van der Waals surface area contributed by atoms with Crippen molar-refractivity contribution in [1.29, 1.82) is 10.8 Å². The smallest absolute Gasteiger partial charge is 0.265 e. The van der Waals surface area contributed by atoms with Gasteiger partial charge in [-0.05, 0) is 53.8 Å². The second-order valence-electron chi connectivity index (χ2n) is 7.93. The fourth-order valence-corrected chi connectivity index (χ4v) is 5.19. The van der Waals surface area contributed by atoms with Crippen molar-refractivity contribution in [3.05, 3.63) is 62.8 Å². The van der Waals surface area contributed by atoms with E-state index >= 15 is 0 Å². The van der Waals surface area contributed by atoms with E-state index in [0.717, 1.165) is 28.9 Å². The quantitative estimate of drug-likeness (QED) is 0.334. The van der Waals surface area contributed by atoms with Crippen LogP contribution in [-0.4, -0.2) is 53.8 Å². The van der Waals surface area contributed by atoms with Crippen LogP contribution in [0, 0.1) is 10.8 Å². The van der Waals surface area contributed by atoms with Gasteiger partial charge in [0.1, 0.15) is 0 Å². The number of nitrogens with one attached hydrogen (secondary N) is 3. The monoisotopic (exact) mass is 483 g/mol. The molecule has 0 spiro atoms. The van der Waals surface area contributed by atoms with E-state index in [9.17, 15) is 4.79 Å². The van der Waals surface area contributed by atoms with E-state index in [0.29, 0.717) is 41.8 Å². The zero-order chi connectivity index (χ0) is 23.5. The first-order chi connectivity index (χ1) is 15.8. The lowest BCUT2D eigenvalue weighted by molar-refractivity contribution is 0.103. The number of hydrogen-bond acceptors (Lipinski definition) is 4. The second-order valence-corrected chi connectivity index (χ2v) is 9.42. The molecule has 3 heterocycles. The molecule has 1 amide bonds. The van der Waals surface area contributed by atoms with E-state index < -0.39 is 0 Å². The standard InChI is InChI=1S/C23H26ClN7OS/c24-18-13-16(1-2-17(18)14-5-9-30(10-6-14)22(25)26)29-21(32)20-4-3-19(33-20)15-7-11-31(12-8-15)23(27)28/h1-5,7,13H,6,8-12H2,(H3,25,26)(H3,27,28)(H,29,32). The Morgan fingerprint density at radius 3 is 2.15 bits per heavy atom. The summed E-state index contributed by atoms with van der Waals surface area (Å²) in [5.41, 5.74) is 15.0. The molecule has 2 aliphatic heterocycles. The van der Waals surface area contributed by atoms with Crippen molar-refractivity contribution < 1.29 is 4.79 Å². The molecule has 7 N–H and O–H groups in total. The van der Waals surface area contributed by atoms with Crippen molar-refractivity contribution in [1.82, 2.24) is 9.80 Å². The van der Waals surface area contributed by atoms with Gasteiger partial charge < -0.3 is 26.6 Å². The highest BCUT2D eigenvalue weighted by molar-refractivity contribution is 7.15. The fourth-order valence-electron chi connectivity index (χ4n) is 3.92. The van der Waals surface area contributed by atoms with Gasteiger partial charge in [0.05, 0.1) is 9.90 Å². The van der Waals surface area contributed by atoms with Crippen LogP contribution in [0.5, 0.6) is 0 Å². The number of hydrogen-bond donors (Lipinski definition) is 5. The summed E-state index contributed by atoms with van der Waals surface area (Å²) in [4.78, 5) is 18.1. The summed E-state index contributed by atoms with van der Waals surface area (Å²) in [7, 11) is 0. The molecule has 0 saturated carbocycles. The van der Waals surface area contributed by atoms with Gasteiger partial charge >= 0.3 is 0 Å². The molecule has 1 aromatic heterocycles. The molecule has 4 rings (SSSR count).